The van der Waals surface area contributed by atoms with E-state index in [2.05, 4.69) is 34.3 Å². The number of nitrogens with zero attached hydrogens (tertiary/aromatic N) is 3. The SMILES string of the molecule is CC(C)CNCc1nnc(N2CCOC(C)C2)o1. The number of anilines is 1. The minimum absolute atomic E-state index is 0.216. The quantitative estimate of drug-likeness (QED) is 0.847. The summed E-state index contributed by atoms with van der Waals surface area (Å²) in [5, 5.41) is 11.4. The molecule has 18 heavy (non-hydrogen) atoms. The summed E-state index contributed by atoms with van der Waals surface area (Å²) < 4.78 is 11.1. The predicted octanol–water partition coefficient (Wildman–Crippen LogP) is 1.04. The molecule has 0 aromatic carbocycles. The molecule has 1 aromatic heterocycles. The third kappa shape index (κ3) is 3.68. The first-order valence-corrected chi connectivity index (χ1v) is 6.55. The van der Waals surface area contributed by atoms with Crippen LogP contribution >= 0.6 is 0 Å². The molecule has 0 radical (unpaired) electrons. The van der Waals surface area contributed by atoms with Crippen molar-refractivity contribution in [2.75, 3.05) is 31.1 Å². The molecule has 1 fully saturated rings. The van der Waals surface area contributed by atoms with Crippen LogP contribution in [0, 0.1) is 5.92 Å². The Morgan fingerprint density at radius 1 is 1.44 bits per heavy atom. The van der Waals surface area contributed by atoms with Crippen molar-refractivity contribution in [2.45, 2.75) is 33.4 Å². The second-order valence-corrected chi connectivity index (χ2v) is 5.13. The molecule has 2 heterocycles. The van der Waals surface area contributed by atoms with Gasteiger partial charge in [-0.2, -0.15) is 0 Å². The summed E-state index contributed by atoms with van der Waals surface area (Å²) in [6.07, 6.45) is 0.216. The van der Waals surface area contributed by atoms with E-state index in [4.69, 9.17) is 9.15 Å². The van der Waals surface area contributed by atoms with Crippen molar-refractivity contribution < 1.29 is 9.15 Å². The fourth-order valence-corrected chi connectivity index (χ4v) is 1.90. The van der Waals surface area contributed by atoms with Gasteiger partial charge in [-0.3, -0.25) is 0 Å². The monoisotopic (exact) mass is 254 g/mol. The molecule has 1 unspecified atom stereocenters. The molecule has 1 atom stereocenters. The van der Waals surface area contributed by atoms with Crippen molar-refractivity contribution in [1.82, 2.24) is 15.5 Å². The lowest BCUT2D eigenvalue weighted by Gasteiger charge is -2.29. The summed E-state index contributed by atoms with van der Waals surface area (Å²) in [4.78, 5) is 2.08. The smallest absolute Gasteiger partial charge is 0.318 e. The predicted molar refractivity (Wildman–Crippen MR) is 68.5 cm³/mol. The lowest BCUT2D eigenvalue weighted by molar-refractivity contribution is 0.0513. The van der Waals surface area contributed by atoms with Crippen molar-refractivity contribution in [1.29, 1.82) is 0 Å². The van der Waals surface area contributed by atoms with E-state index in [0.29, 0.717) is 31.0 Å². The standard InChI is InChI=1S/C12H22N4O2/c1-9(2)6-13-7-11-14-15-12(18-11)16-4-5-17-10(3)8-16/h9-10,13H,4-8H2,1-3H3. The molecular formula is C12H22N4O2. The van der Waals surface area contributed by atoms with Gasteiger partial charge in [-0.25, -0.2) is 0 Å². The van der Waals surface area contributed by atoms with Gasteiger partial charge < -0.3 is 19.4 Å². The molecule has 1 saturated heterocycles. The van der Waals surface area contributed by atoms with Crippen LogP contribution in [-0.4, -0.2) is 42.5 Å². The number of ether oxygens (including phenoxy) is 1. The summed E-state index contributed by atoms with van der Waals surface area (Å²) in [7, 11) is 0. The van der Waals surface area contributed by atoms with Crippen LogP contribution in [0.5, 0.6) is 0 Å². The van der Waals surface area contributed by atoms with E-state index in [1.807, 2.05) is 6.92 Å². The molecule has 0 saturated carbocycles. The topological polar surface area (TPSA) is 63.4 Å². The molecule has 1 aromatic rings. The average Bonchev–Trinajstić information content (AvgIpc) is 2.77. The first-order valence-electron chi connectivity index (χ1n) is 6.55. The lowest BCUT2D eigenvalue weighted by atomic mass is 10.2. The Kier molecular flexibility index (Phi) is 4.54. The summed E-state index contributed by atoms with van der Waals surface area (Å²) in [6.45, 7) is 10.3. The molecule has 6 heteroatoms. The zero-order valence-corrected chi connectivity index (χ0v) is 11.3. The van der Waals surface area contributed by atoms with Crippen LogP contribution < -0.4 is 10.2 Å². The molecule has 1 N–H and O–H groups in total. The highest BCUT2D eigenvalue weighted by molar-refractivity contribution is 5.24. The minimum Gasteiger partial charge on any atom is -0.407 e. The maximum Gasteiger partial charge on any atom is 0.318 e. The second kappa shape index (κ2) is 6.15. The minimum atomic E-state index is 0.216. The molecule has 2 rings (SSSR count). The van der Waals surface area contributed by atoms with Crippen molar-refractivity contribution in [2.24, 2.45) is 5.92 Å². The van der Waals surface area contributed by atoms with E-state index in [9.17, 15) is 0 Å². The maximum absolute atomic E-state index is 5.64. The van der Waals surface area contributed by atoms with E-state index in [0.717, 1.165) is 19.6 Å². The Bertz CT molecular complexity index is 367. The third-order valence-corrected chi connectivity index (χ3v) is 2.80. The van der Waals surface area contributed by atoms with E-state index in [1.54, 1.807) is 0 Å². The Hall–Kier alpha value is -1.14. The van der Waals surface area contributed by atoms with Gasteiger partial charge in [-0.15, -0.1) is 5.10 Å². The van der Waals surface area contributed by atoms with Gasteiger partial charge in [-0.1, -0.05) is 18.9 Å². The highest BCUT2D eigenvalue weighted by atomic mass is 16.5. The van der Waals surface area contributed by atoms with Crippen molar-refractivity contribution in [3.05, 3.63) is 5.89 Å². The number of hydrogen-bond donors (Lipinski definition) is 1. The van der Waals surface area contributed by atoms with Gasteiger partial charge in [0.2, 0.25) is 5.89 Å². The zero-order valence-electron chi connectivity index (χ0n) is 11.3. The third-order valence-electron chi connectivity index (χ3n) is 2.80. The Balaban J connectivity index is 1.85. The number of morpholine rings is 1. The Morgan fingerprint density at radius 2 is 2.28 bits per heavy atom. The first-order chi connectivity index (χ1) is 8.65. The van der Waals surface area contributed by atoms with Crippen LogP contribution in [0.1, 0.15) is 26.7 Å². The summed E-state index contributed by atoms with van der Waals surface area (Å²) in [5.41, 5.74) is 0. The summed E-state index contributed by atoms with van der Waals surface area (Å²) in [6, 6.07) is 0.603. The average molecular weight is 254 g/mol. The Labute approximate surface area is 108 Å². The largest absolute Gasteiger partial charge is 0.407 e. The number of rotatable bonds is 5. The maximum atomic E-state index is 5.64. The summed E-state index contributed by atoms with van der Waals surface area (Å²) >= 11 is 0. The van der Waals surface area contributed by atoms with Gasteiger partial charge in [0.05, 0.1) is 19.3 Å². The van der Waals surface area contributed by atoms with Crippen LogP contribution in [0.25, 0.3) is 0 Å². The molecule has 0 spiro atoms. The summed E-state index contributed by atoms with van der Waals surface area (Å²) in [5.74, 6) is 1.26. The molecule has 6 nitrogen and oxygen atoms in total. The van der Waals surface area contributed by atoms with E-state index >= 15 is 0 Å². The van der Waals surface area contributed by atoms with Gasteiger partial charge in [0, 0.05) is 13.1 Å². The van der Waals surface area contributed by atoms with Gasteiger partial charge >= 0.3 is 6.01 Å². The fourth-order valence-electron chi connectivity index (χ4n) is 1.90. The van der Waals surface area contributed by atoms with Crippen molar-refractivity contribution in [3.8, 4) is 0 Å². The van der Waals surface area contributed by atoms with Gasteiger partial charge in [-0.05, 0) is 19.4 Å². The van der Waals surface area contributed by atoms with E-state index in [-0.39, 0.29) is 6.10 Å². The molecule has 0 bridgehead atoms. The molecule has 0 aliphatic carbocycles. The highest BCUT2D eigenvalue weighted by Gasteiger charge is 2.21. The molecular weight excluding hydrogens is 232 g/mol. The van der Waals surface area contributed by atoms with Crippen molar-refractivity contribution >= 4 is 6.01 Å². The molecule has 0 amide bonds. The normalized spacial score (nSPS) is 20.7. The van der Waals surface area contributed by atoms with Gasteiger partial charge in [0.25, 0.3) is 0 Å². The van der Waals surface area contributed by atoms with Crippen LogP contribution in [0.15, 0.2) is 4.42 Å². The van der Waals surface area contributed by atoms with E-state index < -0.39 is 0 Å². The molecule has 102 valence electrons. The number of nitrogens with one attached hydrogen (secondary N) is 1. The first kappa shape index (κ1) is 13.3. The van der Waals surface area contributed by atoms with Gasteiger partial charge in [0.15, 0.2) is 0 Å². The van der Waals surface area contributed by atoms with Crippen molar-refractivity contribution in [3.63, 3.8) is 0 Å². The highest BCUT2D eigenvalue weighted by Crippen LogP contribution is 2.15. The fraction of sp³-hybridized carbons (Fsp3) is 0.833. The van der Waals surface area contributed by atoms with Crippen LogP contribution in [0.2, 0.25) is 0 Å². The number of hydrogen-bond acceptors (Lipinski definition) is 6. The molecule has 1 aliphatic rings. The van der Waals surface area contributed by atoms with Crippen LogP contribution in [0.3, 0.4) is 0 Å². The van der Waals surface area contributed by atoms with Gasteiger partial charge in [0.1, 0.15) is 0 Å². The van der Waals surface area contributed by atoms with Crippen LogP contribution in [-0.2, 0) is 11.3 Å². The van der Waals surface area contributed by atoms with Crippen LogP contribution in [0.4, 0.5) is 6.01 Å². The Morgan fingerprint density at radius 3 is 3.00 bits per heavy atom. The molecule has 1 aliphatic heterocycles. The lowest BCUT2D eigenvalue weighted by Crippen LogP contribution is -2.41. The zero-order chi connectivity index (χ0) is 13.0. The number of aromatic nitrogens is 2. The second-order valence-electron chi connectivity index (χ2n) is 5.13. The van der Waals surface area contributed by atoms with E-state index in [1.165, 1.54) is 0 Å².